The van der Waals surface area contributed by atoms with E-state index in [1.807, 2.05) is 0 Å². The van der Waals surface area contributed by atoms with Crippen molar-refractivity contribution in [1.82, 2.24) is 0 Å². The molecule has 13 heavy (non-hydrogen) atoms. The van der Waals surface area contributed by atoms with Crippen LogP contribution in [0.2, 0.25) is 0 Å². The van der Waals surface area contributed by atoms with Crippen LogP contribution in [0.15, 0.2) is 0 Å². The zero-order valence-corrected chi connectivity index (χ0v) is 7.86. The van der Waals surface area contributed by atoms with Crippen molar-refractivity contribution in [2.24, 2.45) is 5.92 Å². The Bertz CT molecular complexity index is 161. The van der Waals surface area contributed by atoms with E-state index in [1.165, 1.54) is 7.11 Å². The molecule has 1 N–H and O–H groups in total. The van der Waals surface area contributed by atoms with E-state index in [2.05, 4.69) is 4.74 Å². The molecule has 2 atom stereocenters. The standard InChI is InChI=1S/C9H16O4/c1-12-9(11)8(10)7-3-2-5-13-6-4-7/h7-8,10H,2-6H2,1H3. The Kier molecular flexibility index (Phi) is 4.18. The minimum atomic E-state index is -0.980. The molecule has 0 aliphatic carbocycles. The molecular weight excluding hydrogens is 172 g/mol. The Balaban J connectivity index is 2.43. The monoisotopic (exact) mass is 188 g/mol. The van der Waals surface area contributed by atoms with Crippen LogP contribution in [0.3, 0.4) is 0 Å². The van der Waals surface area contributed by atoms with Crippen molar-refractivity contribution < 1.29 is 19.4 Å². The van der Waals surface area contributed by atoms with Gasteiger partial charge in [0.1, 0.15) is 0 Å². The van der Waals surface area contributed by atoms with Crippen LogP contribution in [0.25, 0.3) is 0 Å². The number of hydrogen-bond donors (Lipinski definition) is 1. The summed E-state index contributed by atoms with van der Waals surface area (Å²) in [6.45, 7) is 1.35. The first-order chi connectivity index (χ1) is 6.25. The average molecular weight is 188 g/mol. The van der Waals surface area contributed by atoms with Gasteiger partial charge in [-0.05, 0) is 25.2 Å². The van der Waals surface area contributed by atoms with Crippen molar-refractivity contribution in [1.29, 1.82) is 0 Å². The van der Waals surface area contributed by atoms with Crippen molar-refractivity contribution in [3.05, 3.63) is 0 Å². The molecule has 1 heterocycles. The van der Waals surface area contributed by atoms with E-state index >= 15 is 0 Å². The summed E-state index contributed by atoms with van der Waals surface area (Å²) in [7, 11) is 1.29. The Morgan fingerprint density at radius 3 is 3.00 bits per heavy atom. The van der Waals surface area contributed by atoms with Gasteiger partial charge >= 0.3 is 5.97 Å². The largest absolute Gasteiger partial charge is 0.467 e. The Hall–Kier alpha value is -0.610. The second-order valence-electron chi connectivity index (χ2n) is 3.27. The molecule has 0 aromatic rings. The second-order valence-corrected chi connectivity index (χ2v) is 3.27. The van der Waals surface area contributed by atoms with E-state index in [0.717, 1.165) is 25.9 Å². The summed E-state index contributed by atoms with van der Waals surface area (Å²) in [6, 6.07) is 0. The fourth-order valence-corrected chi connectivity index (χ4v) is 1.56. The molecule has 1 rings (SSSR count). The summed E-state index contributed by atoms with van der Waals surface area (Å²) in [6.07, 6.45) is 1.48. The van der Waals surface area contributed by atoms with Gasteiger partial charge in [0.05, 0.1) is 7.11 Å². The second kappa shape index (κ2) is 5.19. The van der Waals surface area contributed by atoms with Crippen LogP contribution in [-0.4, -0.2) is 37.5 Å². The van der Waals surface area contributed by atoms with Crippen LogP contribution >= 0.6 is 0 Å². The quantitative estimate of drug-likeness (QED) is 0.635. The molecule has 1 saturated heterocycles. The number of carbonyl (C=O) groups excluding carboxylic acids is 1. The molecule has 2 unspecified atom stereocenters. The lowest BCUT2D eigenvalue weighted by atomic mass is 9.94. The maximum absolute atomic E-state index is 11.0. The Morgan fingerprint density at radius 2 is 2.31 bits per heavy atom. The van der Waals surface area contributed by atoms with Gasteiger partial charge in [-0.15, -0.1) is 0 Å². The van der Waals surface area contributed by atoms with E-state index in [0.29, 0.717) is 6.61 Å². The highest BCUT2D eigenvalue weighted by Gasteiger charge is 2.27. The lowest BCUT2D eigenvalue weighted by Gasteiger charge is -2.17. The van der Waals surface area contributed by atoms with Crippen molar-refractivity contribution in [3.63, 3.8) is 0 Å². The number of ether oxygens (including phenoxy) is 2. The van der Waals surface area contributed by atoms with Gasteiger partial charge in [-0.2, -0.15) is 0 Å². The van der Waals surface area contributed by atoms with Crippen LogP contribution in [-0.2, 0) is 14.3 Å². The SMILES string of the molecule is COC(=O)C(O)C1CCCOCC1. The number of aliphatic hydroxyl groups is 1. The van der Waals surface area contributed by atoms with E-state index < -0.39 is 12.1 Å². The van der Waals surface area contributed by atoms with Crippen LogP contribution in [0, 0.1) is 5.92 Å². The van der Waals surface area contributed by atoms with Gasteiger partial charge < -0.3 is 14.6 Å². The maximum Gasteiger partial charge on any atom is 0.334 e. The van der Waals surface area contributed by atoms with Gasteiger partial charge in [-0.1, -0.05) is 0 Å². The topological polar surface area (TPSA) is 55.8 Å². The molecular formula is C9H16O4. The molecule has 0 aromatic heterocycles. The highest BCUT2D eigenvalue weighted by Crippen LogP contribution is 2.20. The first-order valence-electron chi connectivity index (χ1n) is 4.59. The molecule has 1 aliphatic rings. The molecule has 0 amide bonds. The van der Waals surface area contributed by atoms with Gasteiger partial charge in [0, 0.05) is 13.2 Å². The molecule has 0 aromatic carbocycles. The number of esters is 1. The summed E-state index contributed by atoms with van der Waals surface area (Å²) >= 11 is 0. The zero-order chi connectivity index (χ0) is 9.68. The fourth-order valence-electron chi connectivity index (χ4n) is 1.56. The van der Waals surface area contributed by atoms with Crippen LogP contribution in [0.1, 0.15) is 19.3 Å². The summed E-state index contributed by atoms with van der Waals surface area (Å²) < 4.78 is 9.70. The summed E-state index contributed by atoms with van der Waals surface area (Å²) in [5.41, 5.74) is 0. The average Bonchev–Trinajstić information content (AvgIpc) is 2.43. The Morgan fingerprint density at radius 1 is 1.54 bits per heavy atom. The van der Waals surface area contributed by atoms with Crippen molar-refractivity contribution in [2.75, 3.05) is 20.3 Å². The van der Waals surface area contributed by atoms with Gasteiger partial charge in [0.2, 0.25) is 0 Å². The Labute approximate surface area is 77.8 Å². The van der Waals surface area contributed by atoms with E-state index in [-0.39, 0.29) is 5.92 Å². The number of carbonyl (C=O) groups is 1. The van der Waals surface area contributed by atoms with Crippen LogP contribution < -0.4 is 0 Å². The third-order valence-electron chi connectivity index (χ3n) is 2.39. The maximum atomic E-state index is 11.0. The van der Waals surface area contributed by atoms with E-state index in [9.17, 15) is 9.90 Å². The third-order valence-corrected chi connectivity index (χ3v) is 2.39. The first kappa shape index (κ1) is 10.5. The normalized spacial score (nSPS) is 26.2. The zero-order valence-electron chi connectivity index (χ0n) is 7.86. The molecule has 0 saturated carbocycles. The number of hydrogen-bond acceptors (Lipinski definition) is 4. The fraction of sp³-hybridized carbons (Fsp3) is 0.889. The van der Waals surface area contributed by atoms with Crippen LogP contribution in [0.5, 0.6) is 0 Å². The molecule has 0 radical (unpaired) electrons. The van der Waals surface area contributed by atoms with E-state index in [1.54, 1.807) is 0 Å². The molecule has 1 aliphatic heterocycles. The van der Waals surface area contributed by atoms with Crippen LogP contribution in [0.4, 0.5) is 0 Å². The lowest BCUT2D eigenvalue weighted by molar-refractivity contribution is -0.153. The number of aliphatic hydroxyl groups excluding tert-OH is 1. The van der Waals surface area contributed by atoms with E-state index in [4.69, 9.17) is 4.74 Å². The molecule has 4 heteroatoms. The number of methoxy groups -OCH3 is 1. The lowest BCUT2D eigenvalue weighted by Crippen LogP contribution is -2.30. The summed E-state index contributed by atoms with van der Waals surface area (Å²) in [5.74, 6) is -0.540. The minimum absolute atomic E-state index is 0.00468. The summed E-state index contributed by atoms with van der Waals surface area (Å²) in [4.78, 5) is 11.0. The molecule has 4 nitrogen and oxygen atoms in total. The molecule has 1 fully saturated rings. The first-order valence-corrected chi connectivity index (χ1v) is 4.59. The van der Waals surface area contributed by atoms with Gasteiger partial charge in [0.25, 0.3) is 0 Å². The van der Waals surface area contributed by atoms with Gasteiger partial charge in [-0.25, -0.2) is 4.79 Å². The third kappa shape index (κ3) is 2.97. The summed E-state index contributed by atoms with van der Waals surface area (Å²) in [5, 5.41) is 9.54. The van der Waals surface area contributed by atoms with Crippen molar-refractivity contribution in [3.8, 4) is 0 Å². The predicted molar refractivity (Wildman–Crippen MR) is 46.2 cm³/mol. The number of rotatable bonds is 2. The highest BCUT2D eigenvalue weighted by molar-refractivity contribution is 5.74. The molecule has 0 bridgehead atoms. The minimum Gasteiger partial charge on any atom is -0.467 e. The highest BCUT2D eigenvalue weighted by atomic mass is 16.5. The van der Waals surface area contributed by atoms with Gasteiger partial charge in [0.15, 0.2) is 6.10 Å². The molecule has 0 spiro atoms. The molecule has 76 valence electrons. The smallest absolute Gasteiger partial charge is 0.334 e. The van der Waals surface area contributed by atoms with Gasteiger partial charge in [-0.3, -0.25) is 0 Å². The predicted octanol–water partition coefficient (Wildman–Crippen LogP) is 0.337. The van der Waals surface area contributed by atoms with Crippen molar-refractivity contribution >= 4 is 5.97 Å². The van der Waals surface area contributed by atoms with Crippen molar-refractivity contribution in [2.45, 2.75) is 25.4 Å².